The van der Waals surface area contributed by atoms with E-state index in [-0.39, 0.29) is 5.56 Å². The van der Waals surface area contributed by atoms with Crippen molar-refractivity contribution in [2.45, 2.75) is 0 Å². The maximum Gasteiger partial charge on any atom is 0.201 e. The Balaban J connectivity index is 1.92. The lowest BCUT2D eigenvalue weighted by molar-refractivity contribution is 0.122. The lowest BCUT2D eigenvalue weighted by Crippen LogP contribution is -2.36. The van der Waals surface area contributed by atoms with Crippen molar-refractivity contribution in [3.05, 3.63) is 29.1 Å². The maximum absolute atomic E-state index is 13.4. The highest BCUT2D eigenvalue weighted by molar-refractivity contribution is 7.14. The van der Waals surface area contributed by atoms with Crippen LogP contribution in [0.3, 0.4) is 0 Å². The van der Waals surface area contributed by atoms with Crippen LogP contribution in [0.5, 0.6) is 5.75 Å². The van der Waals surface area contributed by atoms with Gasteiger partial charge < -0.3 is 14.7 Å². The van der Waals surface area contributed by atoms with E-state index in [1.54, 1.807) is 5.38 Å². The number of nitrogens with zero attached hydrogens (tertiary/aromatic N) is 2. The Morgan fingerprint density at radius 3 is 2.75 bits per heavy atom. The summed E-state index contributed by atoms with van der Waals surface area (Å²) in [4.78, 5) is 6.44. The molecule has 0 saturated carbocycles. The molecule has 0 aliphatic carbocycles. The lowest BCUT2D eigenvalue weighted by Gasteiger charge is -2.26. The molecule has 1 aliphatic heterocycles. The van der Waals surface area contributed by atoms with Crippen LogP contribution in [0.4, 0.5) is 13.9 Å². The fourth-order valence-corrected chi connectivity index (χ4v) is 2.91. The molecule has 2 heterocycles. The molecule has 1 N–H and O–H groups in total. The van der Waals surface area contributed by atoms with Crippen LogP contribution >= 0.6 is 11.3 Å². The molecular weight excluding hydrogens is 286 g/mol. The Morgan fingerprint density at radius 1 is 1.25 bits per heavy atom. The van der Waals surface area contributed by atoms with Gasteiger partial charge in [0.25, 0.3) is 0 Å². The number of aromatic hydroxyl groups is 1. The predicted octanol–water partition coefficient (Wildman–Crippen LogP) is 2.63. The molecule has 0 unspecified atom stereocenters. The molecule has 0 atom stereocenters. The number of halogens is 2. The molecule has 4 nitrogen and oxygen atoms in total. The van der Waals surface area contributed by atoms with Crippen LogP contribution in [0.25, 0.3) is 11.3 Å². The summed E-state index contributed by atoms with van der Waals surface area (Å²) in [5, 5.41) is 12.2. The monoisotopic (exact) mass is 298 g/mol. The minimum absolute atomic E-state index is 0.194. The molecular formula is C13H12F2N2O2S. The number of thiazole rings is 1. The van der Waals surface area contributed by atoms with Gasteiger partial charge in [0.05, 0.1) is 18.9 Å². The van der Waals surface area contributed by atoms with E-state index < -0.39 is 17.4 Å². The zero-order valence-electron chi connectivity index (χ0n) is 10.5. The van der Waals surface area contributed by atoms with Gasteiger partial charge in [0, 0.05) is 24.0 Å². The van der Waals surface area contributed by atoms with E-state index in [2.05, 4.69) is 9.88 Å². The third-order valence-electron chi connectivity index (χ3n) is 3.12. The number of phenols is 1. The average molecular weight is 298 g/mol. The van der Waals surface area contributed by atoms with Gasteiger partial charge in [-0.1, -0.05) is 0 Å². The van der Waals surface area contributed by atoms with Gasteiger partial charge in [0.2, 0.25) is 5.82 Å². The first-order valence-electron chi connectivity index (χ1n) is 6.12. The highest BCUT2D eigenvalue weighted by Crippen LogP contribution is 2.35. The van der Waals surface area contributed by atoms with Gasteiger partial charge in [0.15, 0.2) is 16.7 Å². The second-order valence-corrected chi connectivity index (χ2v) is 5.21. The van der Waals surface area contributed by atoms with E-state index in [0.717, 1.165) is 24.3 Å². The molecule has 0 radical (unpaired) electrons. The van der Waals surface area contributed by atoms with Crippen LogP contribution in [0.2, 0.25) is 0 Å². The summed E-state index contributed by atoms with van der Waals surface area (Å²) in [6, 6.07) is 2.31. The summed E-state index contributed by atoms with van der Waals surface area (Å²) in [6.07, 6.45) is 0. The molecule has 2 aromatic rings. The largest absolute Gasteiger partial charge is 0.504 e. The fourth-order valence-electron chi connectivity index (χ4n) is 2.03. The van der Waals surface area contributed by atoms with Crippen molar-refractivity contribution >= 4 is 16.5 Å². The van der Waals surface area contributed by atoms with Crippen molar-refractivity contribution in [3.8, 4) is 17.0 Å². The molecule has 0 bridgehead atoms. The Labute approximate surface area is 118 Å². The second kappa shape index (κ2) is 5.34. The number of phenolic OH excluding ortho intramolecular Hbond substituents is 1. The zero-order chi connectivity index (χ0) is 14.1. The van der Waals surface area contributed by atoms with Crippen LogP contribution in [0.15, 0.2) is 17.5 Å². The molecule has 1 fully saturated rings. The summed E-state index contributed by atoms with van der Waals surface area (Å²) in [5.41, 5.74) is 0.632. The van der Waals surface area contributed by atoms with Crippen molar-refractivity contribution in [1.82, 2.24) is 4.98 Å². The van der Waals surface area contributed by atoms with Gasteiger partial charge in [-0.15, -0.1) is 11.3 Å². The highest BCUT2D eigenvalue weighted by atomic mass is 32.1. The van der Waals surface area contributed by atoms with E-state index in [1.807, 2.05) is 0 Å². The number of rotatable bonds is 2. The Bertz CT molecular complexity index is 627. The van der Waals surface area contributed by atoms with E-state index in [0.29, 0.717) is 18.9 Å². The number of hydrogen-bond acceptors (Lipinski definition) is 5. The highest BCUT2D eigenvalue weighted by Gasteiger charge is 2.19. The summed E-state index contributed by atoms with van der Waals surface area (Å²) in [5.74, 6) is -3.03. The fraction of sp³-hybridized carbons (Fsp3) is 0.308. The number of morpholine rings is 1. The normalized spacial score (nSPS) is 15.6. The van der Waals surface area contributed by atoms with E-state index in [9.17, 15) is 13.9 Å². The molecule has 106 valence electrons. The zero-order valence-corrected chi connectivity index (χ0v) is 11.3. The summed E-state index contributed by atoms with van der Waals surface area (Å²) in [6.45, 7) is 2.78. The van der Waals surface area contributed by atoms with Crippen LogP contribution in [0.1, 0.15) is 0 Å². The molecule has 1 aromatic carbocycles. The van der Waals surface area contributed by atoms with Gasteiger partial charge in [-0.2, -0.15) is 4.39 Å². The molecule has 0 amide bonds. The van der Waals surface area contributed by atoms with Crippen LogP contribution < -0.4 is 4.90 Å². The van der Waals surface area contributed by atoms with Crippen molar-refractivity contribution in [3.63, 3.8) is 0 Å². The summed E-state index contributed by atoms with van der Waals surface area (Å²) >= 11 is 1.40. The second-order valence-electron chi connectivity index (χ2n) is 4.37. The third kappa shape index (κ3) is 2.34. The smallest absolute Gasteiger partial charge is 0.201 e. The van der Waals surface area contributed by atoms with Crippen molar-refractivity contribution in [2.24, 2.45) is 0 Å². The molecule has 1 saturated heterocycles. The van der Waals surface area contributed by atoms with Crippen molar-refractivity contribution in [2.75, 3.05) is 31.2 Å². The van der Waals surface area contributed by atoms with Crippen molar-refractivity contribution < 1.29 is 18.6 Å². The minimum Gasteiger partial charge on any atom is -0.504 e. The number of ether oxygens (including phenoxy) is 1. The number of aromatic nitrogens is 1. The first-order valence-corrected chi connectivity index (χ1v) is 7.00. The minimum atomic E-state index is -1.25. The molecule has 0 spiro atoms. The predicted molar refractivity (Wildman–Crippen MR) is 72.2 cm³/mol. The SMILES string of the molecule is Oc1c(-c2csc(N3CCOCC3)n2)ccc(F)c1F. The van der Waals surface area contributed by atoms with Gasteiger partial charge in [-0.05, 0) is 12.1 Å². The van der Waals surface area contributed by atoms with Crippen LogP contribution in [0, 0.1) is 11.6 Å². The number of anilines is 1. The van der Waals surface area contributed by atoms with Gasteiger partial charge in [0.1, 0.15) is 0 Å². The van der Waals surface area contributed by atoms with E-state index in [1.165, 1.54) is 17.4 Å². The third-order valence-corrected chi connectivity index (χ3v) is 4.02. The maximum atomic E-state index is 13.4. The van der Waals surface area contributed by atoms with Crippen LogP contribution in [-0.4, -0.2) is 36.4 Å². The van der Waals surface area contributed by atoms with Gasteiger partial charge in [-0.25, -0.2) is 9.37 Å². The Hall–Kier alpha value is -1.73. The molecule has 1 aliphatic rings. The number of hydrogen-bond donors (Lipinski definition) is 1. The van der Waals surface area contributed by atoms with Gasteiger partial charge in [-0.3, -0.25) is 0 Å². The van der Waals surface area contributed by atoms with Crippen molar-refractivity contribution in [1.29, 1.82) is 0 Å². The molecule has 1 aromatic heterocycles. The summed E-state index contributed by atoms with van der Waals surface area (Å²) in [7, 11) is 0. The first kappa shape index (κ1) is 13.3. The Kier molecular flexibility index (Phi) is 3.54. The number of benzene rings is 1. The Morgan fingerprint density at radius 2 is 2.00 bits per heavy atom. The van der Waals surface area contributed by atoms with E-state index >= 15 is 0 Å². The first-order chi connectivity index (χ1) is 9.66. The molecule has 3 rings (SSSR count). The standard InChI is InChI=1S/C13H12F2N2O2S/c14-9-2-1-8(12(18)11(9)15)10-7-20-13(16-10)17-3-5-19-6-4-17/h1-2,7,18H,3-6H2. The topological polar surface area (TPSA) is 45.6 Å². The average Bonchev–Trinajstić information content (AvgIpc) is 2.95. The summed E-state index contributed by atoms with van der Waals surface area (Å²) < 4.78 is 31.6. The van der Waals surface area contributed by atoms with E-state index in [4.69, 9.17) is 4.74 Å². The quantitative estimate of drug-likeness (QED) is 0.926. The molecule has 7 heteroatoms. The van der Waals surface area contributed by atoms with Crippen LogP contribution in [-0.2, 0) is 4.74 Å². The molecule has 20 heavy (non-hydrogen) atoms. The lowest BCUT2D eigenvalue weighted by atomic mass is 10.1. The van der Waals surface area contributed by atoms with Gasteiger partial charge >= 0.3 is 0 Å².